The smallest absolute Gasteiger partial charge is 0.311 e. The van der Waals surface area contributed by atoms with Crippen LogP contribution in [0.5, 0.6) is 5.75 Å². The van der Waals surface area contributed by atoms with E-state index in [9.17, 15) is 14.4 Å². The Morgan fingerprint density at radius 3 is 2.15 bits per heavy atom. The Kier molecular flexibility index (Phi) is 8.51. The molecule has 0 saturated heterocycles. The summed E-state index contributed by atoms with van der Waals surface area (Å²) in [5.41, 5.74) is 3.92. The van der Waals surface area contributed by atoms with Crippen molar-refractivity contribution in [1.29, 1.82) is 0 Å². The van der Waals surface area contributed by atoms with Gasteiger partial charge in [-0.25, -0.2) is 5.43 Å². The van der Waals surface area contributed by atoms with Gasteiger partial charge in [0, 0.05) is 17.7 Å². The molecule has 0 radical (unpaired) electrons. The van der Waals surface area contributed by atoms with Crippen LogP contribution in [0.4, 0.5) is 5.69 Å². The Balaban J connectivity index is 1.90. The number of nitrogens with zero attached hydrogens (tertiary/aromatic N) is 1. The van der Waals surface area contributed by atoms with Crippen LogP contribution in [0.25, 0.3) is 0 Å². The molecule has 2 N–H and O–H groups in total. The molecule has 0 heterocycles. The third-order valence-corrected chi connectivity index (χ3v) is 4.27. The molecule has 2 amide bonds. The number of amides is 2. The van der Waals surface area contributed by atoms with Crippen molar-refractivity contribution in [2.75, 3.05) is 5.32 Å². The van der Waals surface area contributed by atoms with Gasteiger partial charge in [-0.05, 0) is 52.8 Å². The predicted molar refractivity (Wildman–Crippen MR) is 130 cm³/mol. The molecule has 176 valence electrons. The molecule has 0 aliphatic heterocycles. The molecule has 7 heteroatoms. The Morgan fingerprint density at radius 1 is 0.909 bits per heavy atom. The van der Waals surface area contributed by atoms with E-state index in [-0.39, 0.29) is 28.6 Å². The number of hydrogen-bond donors (Lipinski definition) is 2. The summed E-state index contributed by atoms with van der Waals surface area (Å²) in [7, 11) is 0. The lowest BCUT2D eigenvalue weighted by atomic mass is 9.92. The molecule has 2 rings (SSSR count). The highest BCUT2D eigenvalue weighted by molar-refractivity contribution is 5.96. The molecule has 0 spiro atoms. The first-order chi connectivity index (χ1) is 15.3. The molecule has 2 aromatic carbocycles. The van der Waals surface area contributed by atoms with E-state index in [0.717, 1.165) is 0 Å². The van der Waals surface area contributed by atoms with Crippen molar-refractivity contribution in [2.24, 2.45) is 15.9 Å². The van der Waals surface area contributed by atoms with Crippen molar-refractivity contribution in [3.63, 3.8) is 0 Å². The van der Waals surface area contributed by atoms with E-state index in [1.54, 1.807) is 48.5 Å². The average Bonchev–Trinajstić information content (AvgIpc) is 2.65. The van der Waals surface area contributed by atoms with Crippen molar-refractivity contribution < 1.29 is 19.1 Å². The van der Waals surface area contributed by atoms with Crippen LogP contribution in [-0.4, -0.2) is 24.0 Å². The second kappa shape index (κ2) is 10.9. The first kappa shape index (κ1) is 25.8. The number of carbonyl (C=O) groups is 3. The van der Waals surface area contributed by atoms with Crippen molar-refractivity contribution in [3.8, 4) is 5.75 Å². The molecular formula is C26H33N3O4. The van der Waals surface area contributed by atoms with Crippen LogP contribution in [-0.2, 0) is 9.59 Å². The average molecular weight is 452 g/mol. The molecule has 0 aromatic heterocycles. The van der Waals surface area contributed by atoms with Gasteiger partial charge in [-0.1, -0.05) is 53.7 Å². The molecule has 0 unspecified atom stereocenters. The Labute approximate surface area is 195 Å². The summed E-state index contributed by atoms with van der Waals surface area (Å²) in [5.74, 6) is -0.339. The topological polar surface area (TPSA) is 96.9 Å². The summed E-state index contributed by atoms with van der Waals surface area (Å²) in [6.45, 7) is 11.9. The normalized spacial score (nSPS) is 11.8. The van der Waals surface area contributed by atoms with Crippen molar-refractivity contribution in [3.05, 3.63) is 59.7 Å². The summed E-state index contributed by atoms with van der Waals surface area (Å²) in [5, 5.41) is 6.80. The number of anilines is 1. The zero-order valence-corrected chi connectivity index (χ0v) is 20.2. The highest BCUT2D eigenvalue weighted by Gasteiger charge is 2.18. The second-order valence-corrected chi connectivity index (χ2v) is 10.3. The second-order valence-electron chi connectivity index (χ2n) is 10.3. The fourth-order valence-corrected chi connectivity index (χ4v) is 2.88. The lowest BCUT2D eigenvalue weighted by Crippen LogP contribution is -2.20. The third kappa shape index (κ3) is 10.1. The van der Waals surface area contributed by atoms with Gasteiger partial charge < -0.3 is 10.1 Å². The quantitative estimate of drug-likeness (QED) is 0.263. The van der Waals surface area contributed by atoms with E-state index in [4.69, 9.17) is 4.74 Å². The zero-order chi connectivity index (χ0) is 24.6. The van der Waals surface area contributed by atoms with Crippen molar-refractivity contribution in [2.45, 2.75) is 54.4 Å². The molecule has 0 aliphatic rings. The van der Waals surface area contributed by atoms with Gasteiger partial charge in [-0.3, -0.25) is 14.4 Å². The first-order valence-electron chi connectivity index (χ1n) is 10.8. The monoisotopic (exact) mass is 451 g/mol. The van der Waals surface area contributed by atoms with Gasteiger partial charge in [0.05, 0.1) is 12.6 Å². The summed E-state index contributed by atoms with van der Waals surface area (Å²) < 4.78 is 5.38. The van der Waals surface area contributed by atoms with Gasteiger partial charge in [0.25, 0.3) is 5.91 Å². The van der Waals surface area contributed by atoms with E-state index >= 15 is 0 Å². The van der Waals surface area contributed by atoms with Crippen LogP contribution in [0.2, 0.25) is 0 Å². The van der Waals surface area contributed by atoms with E-state index < -0.39 is 0 Å². The Bertz CT molecular complexity index is 1010. The summed E-state index contributed by atoms with van der Waals surface area (Å²) in [4.78, 5) is 36.4. The van der Waals surface area contributed by atoms with Crippen LogP contribution >= 0.6 is 0 Å². The summed E-state index contributed by atoms with van der Waals surface area (Å²) in [6, 6.07) is 13.5. The molecule has 0 bridgehead atoms. The summed E-state index contributed by atoms with van der Waals surface area (Å²) in [6.07, 6.45) is 2.18. The number of ether oxygens (including phenoxy) is 1. The van der Waals surface area contributed by atoms with Crippen LogP contribution in [0, 0.1) is 10.8 Å². The van der Waals surface area contributed by atoms with Crippen LogP contribution in [0.1, 0.15) is 70.3 Å². The molecule has 2 aromatic rings. The van der Waals surface area contributed by atoms with E-state index in [1.807, 2.05) is 41.5 Å². The fraction of sp³-hybridized carbons (Fsp3) is 0.385. The molecule has 0 atom stereocenters. The van der Waals surface area contributed by atoms with Gasteiger partial charge >= 0.3 is 5.97 Å². The largest absolute Gasteiger partial charge is 0.426 e. The highest BCUT2D eigenvalue weighted by Crippen LogP contribution is 2.21. The molecule has 0 saturated carbocycles. The number of hydrazone groups is 1. The predicted octanol–water partition coefficient (Wildman–Crippen LogP) is 5.17. The maximum Gasteiger partial charge on any atom is 0.311 e. The van der Waals surface area contributed by atoms with Crippen molar-refractivity contribution >= 4 is 29.7 Å². The standard InChI is InChI=1S/C26H33N3O4/c1-25(2,3)15-22(30)28-20-12-10-19(11-13-20)24(32)29-27-17-18-8-7-9-21(14-18)33-23(31)16-26(4,5)6/h7-14,17H,15-16H2,1-6H3,(H,28,30)(H,29,32)/b27-17-. The van der Waals surface area contributed by atoms with Gasteiger partial charge in [0.2, 0.25) is 5.91 Å². The van der Waals surface area contributed by atoms with E-state index in [2.05, 4.69) is 15.8 Å². The number of esters is 1. The Morgan fingerprint density at radius 2 is 1.55 bits per heavy atom. The molecule has 7 nitrogen and oxygen atoms in total. The lowest BCUT2D eigenvalue weighted by Gasteiger charge is -2.17. The first-order valence-corrected chi connectivity index (χ1v) is 10.8. The molecule has 0 fully saturated rings. The highest BCUT2D eigenvalue weighted by atomic mass is 16.5. The van der Waals surface area contributed by atoms with Crippen molar-refractivity contribution in [1.82, 2.24) is 5.43 Å². The molecular weight excluding hydrogens is 418 g/mol. The number of nitrogens with one attached hydrogen (secondary N) is 2. The SMILES string of the molecule is CC(C)(C)CC(=O)Nc1ccc(C(=O)N/N=C\c2cccc(OC(=O)CC(C)(C)C)c2)cc1. The van der Waals surface area contributed by atoms with E-state index in [0.29, 0.717) is 35.4 Å². The zero-order valence-electron chi connectivity index (χ0n) is 20.2. The minimum Gasteiger partial charge on any atom is -0.426 e. The maximum absolute atomic E-state index is 12.3. The van der Waals surface area contributed by atoms with E-state index in [1.165, 1.54) is 6.21 Å². The fourth-order valence-electron chi connectivity index (χ4n) is 2.88. The van der Waals surface area contributed by atoms with Crippen LogP contribution < -0.4 is 15.5 Å². The minimum absolute atomic E-state index is 0.0735. The summed E-state index contributed by atoms with van der Waals surface area (Å²) >= 11 is 0. The van der Waals surface area contributed by atoms with Gasteiger partial charge in [-0.15, -0.1) is 0 Å². The molecule has 33 heavy (non-hydrogen) atoms. The van der Waals surface area contributed by atoms with Crippen LogP contribution in [0.15, 0.2) is 53.6 Å². The number of rotatable bonds is 7. The number of benzene rings is 2. The Hall–Kier alpha value is -3.48. The maximum atomic E-state index is 12.3. The third-order valence-electron chi connectivity index (χ3n) is 4.27. The minimum atomic E-state index is -0.383. The molecule has 0 aliphatic carbocycles. The number of carbonyl (C=O) groups excluding carboxylic acids is 3. The van der Waals surface area contributed by atoms with Gasteiger partial charge in [-0.2, -0.15) is 5.10 Å². The lowest BCUT2D eigenvalue weighted by molar-refractivity contribution is -0.136. The van der Waals surface area contributed by atoms with Gasteiger partial charge in [0.15, 0.2) is 0 Å². The van der Waals surface area contributed by atoms with Crippen LogP contribution in [0.3, 0.4) is 0 Å². The van der Waals surface area contributed by atoms with Gasteiger partial charge in [0.1, 0.15) is 5.75 Å². The number of hydrogen-bond acceptors (Lipinski definition) is 5.